The van der Waals surface area contributed by atoms with E-state index in [1.54, 1.807) is 6.92 Å². The van der Waals surface area contributed by atoms with E-state index in [1.165, 1.54) is 11.0 Å². The van der Waals surface area contributed by atoms with Gasteiger partial charge in [-0.3, -0.25) is 14.5 Å². The molecular weight excluding hydrogens is 216 g/mol. The van der Waals surface area contributed by atoms with Crippen LogP contribution in [0.4, 0.5) is 0 Å². The minimum Gasteiger partial charge on any atom is -0.301 e. The molecular formula is C13H20N2O2. The molecule has 4 nitrogen and oxygen atoms in total. The molecule has 2 aliphatic rings. The van der Waals surface area contributed by atoms with Gasteiger partial charge in [-0.2, -0.15) is 0 Å². The Labute approximate surface area is 102 Å². The number of nitrogens with zero attached hydrogens (tertiary/aromatic N) is 2. The zero-order chi connectivity index (χ0) is 12.6. The van der Waals surface area contributed by atoms with Gasteiger partial charge in [-0.05, 0) is 39.7 Å². The number of hydrogen-bond acceptors (Lipinski definition) is 3. The molecule has 0 bridgehead atoms. The predicted molar refractivity (Wildman–Crippen MR) is 65.3 cm³/mol. The second kappa shape index (κ2) is 4.61. The number of amides is 2. The minimum absolute atomic E-state index is 0.113. The molecule has 1 unspecified atom stereocenters. The van der Waals surface area contributed by atoms with E-state index in [-0.39, 0.29) is 11.8 Å². The molecule has 1 saturated heterocycles. The molecule has 2 heterocycles. The first-order valence-corrected chi connectivity index (χ1v) is 6.27. The van der Waals surface area contributed by atoms with E-state index in [4.69, 9.17) is 0 Å². The van der Waals surface area contributed by atoms with Crippen LogP contribution in [0.1, 0.15) is 27.2 Å². The Morgan fingerprint density at radius 1 is 1.41 bits per heavy atom. The first kappa shape index (κ1) is 12.3. The van der Waals surface area contributed by atoms with Gasteiger partial charge in [0.05, 0.1) is 0 Å². The van der Waals surface area contributed by atoms with Crippen LogP contribution in [0.15, 0.2) is 11.6 Å². The van der Waals surface area contributed by atoms with Gasteiger partial charge in [0.25, 0.3) is 11.8 Å². The third kappa shape index (κ3) is 2.41. The molecule has 2 amide bonds. The Kier molecular flexibility index (Phi) is 3.33. The SMILES string of the molecule is CC1=CC(=O)N(CC2CCN(C(C)C)C2)C1=O. The maximum absolute atomic E-state index is 11.7. The van der Waals surface area contributed by atoms with Crippen molar-refractivity contribution in [2.45, 2.75) is 33.2 Å². The molecule has 0 aromatic heterocycles. The maximum Gasteiger partial charge on any atom is 0.256 e. The van der Waals surface area contributed by atoms with Crippen LogP contribution in [-0.4, -0.2) is 47.3 Å². The van der Waals surface area contributed by atoms with E-state index in [0.29, 0.717) is 24.1 Å². The van der Waals surface area contributed by atoms with Crippen molar-refractivity contribution in [3.8, 4) is 0 Å². The van der Waals surface area contributed by atoms with Gasteiger partial charge in [0.2, 0.25) is 0 Å². The van der Waals surface area contributed by atoms with Crippen LogP contribution >= 0.6 is 0 Å². The summed E-state index contributed by atoms with van der Waals surface area (Å²) in [6.45, 7) is 8.71. The standard InChI is InChI=1S/C13H20N2O2/c1-9(2)14-5-4-11(7-14)8-15-12(16)6-10(3)13(15)17/h6,9,11H,4-5,7-8H2,1-3H3. The average Bonchev–Trinajstić information content (AvgIpc) is 2.80. The molecule has 1 atom stereocenters. The lowest BCUT2D eigenvalue weighted by atomic mass is 10.1. The van der Waals surface area contributed by atoms with Gasteiger partial charge in [0.15, 0.2) is 0 Å². The highest BCUT2D eigenvalue weighted by Crippen LogP contribution is 2.22. The third-order valence-corrected chi connectivity index (χ3v) is 3.68. The largest absolute Gasteiger partial charge is 0.301 e. The van der Waals surface area contributed by atoms with E-state index >= 15 is 0 Å². The third-order valence-electron chi connectivity index (χ3n) is 3.68. The molecule has 17 heavy (non-hydrogen) atoms. The molecule has 94 valence electrons. The summed E-state index contributed by atoms with van der Waals surface area (Å²) in [7, 11) is 0. The van der Waals surface area contributed by atoms with Crippen LogP contribution in [0.25, 0.3) is 0 Å². The molecule has 0 N–H and O–H groups in total. The van der Waals surface area contributed by atoms with Crippen molar-refractivity contribution in [1.82, 2.24) is 9.80 Å². The fourth-order valence-electron chi connectivity index (χ4n) is 2.55. The van der Waals surface area contributed by atoms with Crippen molar-refractivity contribution < 1.29 is 9.59 Å². The van der Waals surface area contributed by atoms with Crippen molar-refractivity contribution in [2.75, 3.05) is 19.6 Å². The summed E-state index contributed by atoms with van der Waals surface area (Å²) < 4.78 is 0. The lowest BCUT2D eigenvalue weighted by Gasteiger charge is -2.22. The number of likely N-dealkylation sites (tertiary alicyclic amines) is 1. The van der Waals surface area contributed by atoms with Gasteiger partial charge in [0.1, 0.15) is 0 Å². The number of hydrogen-bond donors (Lipinski definition) is 0. The van der Waals surface area contributed by atoms with Crippen molar-refractivity contribution in [3.05, 3.63) is 11.6 Å². The average molecular weight is 236 g/mol. The first-order valence-electron chi connectivity index (χ1n) is 6.27. The van der Waals surface area contributed by atoms with Crippen LogP contribution in [0.3, 0.4) is 0 Å². The Hall–Kier alpha value is -1.16. The highest BCUT2D eigenvalue weighted by molar-refractivity contribution is 6.15. The quantitative estimate of drug-likeness (QED) is 0.687. The molecule has 0 radical (unpaired) electrons. The van der Waals surface area contributed by atoms with Gasteiger partial charge < -0.3 is 4.90 Å². The summed E-state index contributed by atoms with van der Waals surface area (Å²) in [4.78, 5) is 27.1. The molecule has 2 aliphatic heterocycles. The molecule has 0 aromatic carbocycles. The molecule has 0 spiro atoms. The van der Waals surface area contributed by atoms with E-state index in [9.17, 15) is 9.59 Å². The molecule has 0 saturated carbocycles. The summed E-state index contributed by atoms with van der Waals surface area (Å²) in [6, 6.07) is 0.546. The minimum atomic E-state index is -0.143. The van der Waals surface area contributed by atoms with Crippen LogP contribution < -0.4 is 0 Å². The predicted octanol–water partition coefficient (Wildman–Crippen LogP) is 1.03. The number of carbonyl (C=O) groups is 2. The summed E-state index contributed by atoms with van der Waals surface area (Å²) in [5.41, 5.74) is 0.564. The van der Waals surface area contributed by atoms with Crippen LogP contribution in [0.5, 0.6) is 0 Å². The van der Waals surface area contributed by atoms with Gasteiger partial charge in [-0.25, -0.2) is 0 Å². The van der Waals surface area contributed by atoms with Crippen molar-refractivity contribution in [3.63, 3.8) is 0 Å². The zero-order valence-electron chi connectivity index (χ0n) is 10.8. The van der Waals surface area contributed by atoms with Gasteiger partial charge in [-0.15, -0.1) is 0 Å². The van der Waals surface area contributed by atoms with Crippen LogP contribution in [0, 0.1) is 5.92 Å². The van der Waals surface area contributed by atoms with Crippen molar-refractivity contribution >= 4 is 11.8 Å². The number of carbonyl (C=O) groups excluding carboxylic acids is 2. The number of rotatable bonds is 3. The van der Waals surface area contributed by atoms with Crippen molar-refractivity contribution in [1.29, 1.82) is 0 Å². The fourth-order valence-corrected chi connectivity index (χ4v) is 2.55. The Balaban J connectivity index is 1.92. The Morgan fingerprint density at radius 2 is 2.12 bits per heavy atom. The summed E-state index contributed by atoms with van der Waals surface area (Å²) >= 11 is 0. The van der Waals surface area contributed by atoms with Gasteiger partial charge >= 0.3 is 0 Å². The molecule has 1 fully saturated rings. The lowest BCUT2D eigenvalue weighted by Crippen LogP contribution is -2.37. The van der Waals surface area contributed by atoms with E-state index in [1.807, 2.05) is 0 Å². The number of imide groups is 1. The summed E-state index contributed by atoms with van der Waals surface area (Å²) in [5.74, 6) is 0.179. The molecule has 4 heteroatoms. The molecule has 2 rings (SSSR count). The second-order valence-electron chi connectivity index (χ2n) is 5.32. The van der Waals surface area contributed by atoms with Gasteiger partial charge in [-0.1, -0.05) is 0 Å². The smallest absolute Gasteiger partial charge is 0.256 e. The lowest BCUT2D eigenvalue weighted by molar-refractivity contribution is -0.137. The maximum atomic E-state index is 11.7. The summed E-state index contributed by atoms with van der Waals surface area (Å²) in [5, 5.41) is 0. The fraction of sp³-hybridized carbons (Fsp3) is 0.692. The monoisotopic (exact) mass is 236 g/mol. The highest BCUT2D eigenvalue weighted by Gasteiger charge is 2.33. The van der Waals surface area contributed by atoms with E-state index < -0.39 is 0 Å². The zero-order valence-corrected chi connectivity index (χ0v) is 10.8. The van der Waals surface area contributed by atoms with Gasteiger partial charge in [0, 0.05) is 30.8 Å². The van der Waals surface area contributed by atoms with Crippen LogP contribution in [-0.2, 0) is 9.59 Å². The topological polar surface area (TPSA) is 40.6 Å². The first-order chi connectivity index (χ1) is 7.99. The van der Waals surface area contributed by atoms with Crippen molar-refractivity contribution in [2.24, 2.45) is 5.92 Å². The van der Waals surface area contributed by atoms with E-state index in [2.05, 4.69) is 18.7 Å². The summed E-state index contributed by atoms with van der Waals surface area (Å²) in [6.07, 6.45) is 2.52. The highest BCUT2D eigenvalue weighted by atomic mass is 16.2. The second-order valence-corrected chi connectivity index (χ2v) is 5.32. The molecule has 0 aliphatic carbocycles. The Bertz CT molecular complexity index is 374. The normalized spacial score (nSPS) is 26.2. The Morgan fingerprint density at radius 3 is 2.59 bits per heavy atom. The van der Waals surface area contributed by atoms with E-state index in [0.717, 1.165) is 19.5 Å². The molecule has 0 aromatic rings. The van der Waals surface area contributed by atoms with Crippen LogP contribution in [0.2, 0.25) is 0 Å².